The zero-order valence-electron chi connectivity index (χ0n) is 15.6. The second-order valence-corrected chi connectivity index (χ2v) is 7.58. The summed E-state index contributed by atoms with van der Waals surface area (Å²) >= 11 is 0. The van der Waals surface area contributed by atoms with E-state index < -0.39 is 0 Å². The highest BCUT2D eigenvalue weighted by molar-refractivity contribution is 5.81. The Morgan fingerprint density at radius 1 is 1.21 bits per heavy atom. The minimum absolute atomic E-state index is 0.0462. The van der Waals surface area contributed by atoms with E-state index in [1.54, 1.807) is 0 Å². The molecule has 0 saturated carbocycles. The van der Waals surface area contributed by atoms with Gasteiger partial charge in [-0.15, -0.1) is 6.42 Å². The van der Waals surface area contributed by atoms with Crippen LogP contribution >= 0.6 is 0 Å². The molecule has 0 spiro atoms. The summed E-state index contributed by atoms with van der Waals surface area (Å²) in [5, 5.41) is 3.23. The van der Waals surface area contributed by atoms with E-state index in [0.29, 0.717) is 18.5 Å². The fraction of sp³-hybridized carbons (Fsp3) is 0.842. The molecular formula is C19H34N4O. The predicted molar refractivity (Wildman–Crippen MR) is 98.8 cm³/mol. The summed E-state index contributed by atoms with van der Waals surface area (Å²) in [6, 6.07) is 0.363. The van der Waals surface area contributed by atoms with Crippen molar-refractivity contribution in [3.8, 4) is 12.3 Å². The standard InChI is InChI=1S/C19H34N4O/c1-5-9-22-10-7-6-8-17(22)19(24)20-15-18(16(2)3)23-13-11-21(4)12-14-23/h1,16-18H,6-15H2,2-4H3,(H,20,24)/t17-,18+/m0/s1. The number of hydrogen-bond acceptors (Lipinski definition) is 4. The zero-order chi connectivity index (χ0) is 17.5. The molecule has 5 nitrogen and oxygen atoms in total. The van der Waals surface area contributed by atoms with Crippen LogP contribution in [0.15, 0.2) is 0 Å². The molecule has 2 aliphatic rings. The van der Waals surface area contributed by atoms with Crippen LogP contribution in [-0.2, 0) is 4.79 Å². The second-order valence-electron chi connectivity index (χ2n) is 7.58. The van der Waals surface area contributed by atoms with Crippen LogP contribution in [0.5, 0.6) is 0 Å². The maximum Gasteiger partial charge on any atom is 0.237 e. The molecule has 0 aromatic carbocycles. The molecule has 2 fully saturated rings. The summed E-state index contributed by atoms with van der Waals surface area (Å²) in [7, 11) is 2.17. The van der Waals surface area contributed by atoms with Gasteiger partial charge < -0.3 is 10.2 Å². The molecule has 2 atom stereocenters. The van der Waals surface area contributed by atoms with Crippen LogP contribution in [0.4, 0.5) is 0 Å². The number of hydrogen-bond donors (Lipinski definition) is 1. The van der Waals surface area contributed by atoms with Gasteiger partial charge in [0.25, 0.3) is 0 Å². The number of likely N-dealkylation sites (N-methyl/N-ethyl adjacent to an activating group) is 1. The second kappa shape index (κ2) is 9.41. The Morgan fingerprint density at radius 3 is 2.54 bits per heavy atom. The minimum atomic E-state index is -0.0462. The zero-order valence-corrected chi connectivity index (χ0v) is 15.6. The van der Waals surface area contributed by atoms with Gasteiger partial charge in [0.1, 0.15) is 0 Å². The molecule has 136 valence electrons. The molecule has 0 radical (unpaired) electrons. The molecule has 1 amide bonds. The summed E-state index contributed by atoms with van der Waals surface area (Å²) < 4.78 is 0. The summed E-state index contributed by atoms with van der Waals surface area (Å²) in [4.78, 5) is 19.7. The average molecular weight is 335 g/mol. The highest BCUT2D eigenvalue weighted by Crippen LogP contribution is 2.17. The SMILES string of the molecule is C#CCN1CCCC[C@H]1C(=O)NC[C@H](C(C)C)N1CCN(C)CC1. The highest BCUT2D eigenvalue weighted by atomic mass is 16.2. The number of terminal acetylenes is 1. The number of piperazine rings is 1. The van der Waals surface area contributed by atoms with Gasteiger partial charge in [-0.25, -0.2) is 0 Å². The molecule has 5 heteroatoms. The van der Waals surface area contributed by atoms with E-state index in [4.69, 9.17) is 6.42 Å². The van der Waals surface area contributed by atoms with E-state index in [-0.39, 0.29) is 11.9 Å². The first-order valence-electron chi connectivity index (χ1n) is 9.40. The molecular weight excluding hydrogens is 300 g/mol. The third-order valence-corrected chi connectivity index (χ3v) is 5.47. The quantitative estimate of drug-likeness (QED) is 0.732. The largest absolute Gasteiger partial charge is 0.353 e. The van der Waals surface area contributed by atoms with Crippen LogP contribution in [0.25, 0.3) is 0 Å². The number of nitrogens with one attached hydrogen (secondary N) is 1. The van der Waals surface area contributed by atoms with Crippen molar-refractivity contribution in [1.82, 2.24) is 20.0 Å². The molecule has 24 heavy (non-hydrogen) atoms. The van der Waals surface area contributed by atoms with Gasteiger partial charge in [0.2, 0.25) is 5.91 Å². The van der Waals surface area contributed by atoms with Gasteiger partial charge in [-0.05, 0) is 32.4 Å². The van der Waals surface area contributed by atoms with Crippen LogP contribution in [0, 0.1) is 18.3 Å². The van der Waals surface area contributed by atoms with E-state index in [9.17, 15) is 4.79 Å². The van der Waals surface area contributed by atoms with E-state index in [2.05, 4.69) is 46.8 Å². The lowest BCUT2D eigenvalue weighted by atomic mass is 9.99. The molecule has 2 heterocycles. The van der Waals surface area contributed by atoms with Gasteiger partial charge in [0, 0.05) is 38.8 Å². The number of likely N-dealkylation sites (tertiary alicyclic amines) is 1. The van der Waals surface area contributed by atoms with Crippen molar-refractivity contribution >= 4 is 5.91 Å². The minimum Gasteiger partial charge on any atom is -0.353 e. The molecule has 1 N–H and O–H groups in total. The molecule has 0 aromatic rings. The Balaban J connectivity index is 1.88. The first-order valence-corrected chi connectivity index (χ1v) is 9.40. The van der Waals surface area contributed by atoms with Crippen molar-refractivity contribution in [2.45, 2.75) is 45.2 Å². The monoisotopic (exact) mass is 334 g/mol. The molecule has 0 aliphatic carbocycles. The fourth-order valence-corrected chi connectivity index (χ4v) is 3.86. The Kier molecular flexibility index (Phi) is 7.54. The lowest BCUT2D eigenvalue weighted by Crippen LogP contribution is -2.56. The average Bonchev–Trinajstić information content (AvgIpc) is 2.57. The van der Waals surface area contributed by atoms with Crippen molar-refractivity contribution in [2.24, 2.45) is 5.92 Å². The van der Waals surface area contributed by atoms with Crippen LogP contribution in [0.1, 0.15) is 33.1 Å². The lowest BCUT2D eigenvalue weighted by molar-refractivity contribution is -0.127. The van der Waals surface area contributed by atoms with E-state index >= 15 is 0 Å². The topological polar surface area (TPSA) is 38.8 Å². The normalized spacial score (nSPS) is 25.4. The Hall–Kier alpha value is -1.09. The van der Waals surface area contributed by atoms with Crippen molar-refractivity contribution in [2.75, 3.05) is 52.9 Å². The number of rotatable bonds is 6. The maximum absolute atomic E-state index is 12.7. The number of nitrogens with zero attached hydrogens (tertiary/aromatic N) is 3. The summed E-state index contributed by atoms with van der Waals surface area (Å²) in [5.74, 6) is 3.38. The fourth-order valence-electron chi connectivity index (χ4n) is 3.86. The Labute approximate surface area is 147 Å². The summed E-state index contributed by atoms with van der Waals surface area (Å²) in [6.07, 6.45) is 8.64. The van der Waals surface area contributed by atoms with E-state index in [1.807, 2.05) is 0 Å². The molecule has 2 rings (SSSR count). The summed E-state index contributed by atoms with van der Waals surface area (Å²) in [6.45, 7) is 11.1. The first kappa shape index (κ1) is 19.2. The third-order valence-electron chi connectivity index (χ3n) is 5.47. The van der Waals surface area contributed by atoms with E-state index in [0.717, 1.165) is 58.5 Å². The van der Waals surface area contributed by atoms with Gasteiger partial charge in [-0.2, -0.15) is 0 Å². The third kappa shape index (κ3) is 5.20. The van der Waals surface area contributed by atoms with Gasteiger partial charge in [0.05, 0.1) is 12.6 Å². The van der Waals surface area contributed by atoms with Gasteiger partial charge in [-0.3, -0.25) is 14.6 Å². The highest BCUT2D eigenvalue weighted by Gasteiger charge is 2.30. The molecule has 0 aromatic heterocycles. The number of carbonyl (C=O) groups is 1. The van der Waals surface area contributed by atoms with Crippen molar-refractivity contribution in [3.63, 3.8) is 0 Å². The van der Waals surface area contributed by atoms with Crippen molar-refractivity contribution in [1.29, 1.82) is 0 Å². The smallest absolute Gasteiger partial charge is 0.237 e. The predicted octanol–water partition coefficient (Wildman–Crippen LogP) is 0.862. The van der Waals surface area contributed by atoms with Gasteiger partial charge >= 0.3 is 0 Å². The maximum atomic E-state index is 12.7. The lowest BCUT2D eigenvalue weighted by Gasteiger charge is -2.40. The van der Waals surface area contributed by atoms with Gasteiger partial charge in [-0.1, -0.05) is 26.2 Å². The Bertz CT molecular complexity index is 437. The Morgan fingerprint density at radius 2 is 1.92 bits per heavy atom. The molecule has 2 aliphatic heterocycles. The van der Waals surface area contributed by atoms with Crippen LogP contribution in [0.2, 0.25) is 0 Å². The van der Waals surface area contributed by atoms with Gasteiger partial charge in [0.15, 0.2) is 0 Å². The molecule has 0 bridgehead atoms. The van der Waals surface area contributed by atoms with Crippen molar-refractivity contribution < 1.29 is 4.79 Å². The van der Waals surface area contributed by atoms with E-state index in [1.165, 1.54) is 0 Å². The summed E-state index contributed by atoms with van der Waals surface area (Å²) in [5.41, 5.74) is 0. The van der Waals surface area contributed by atoms with Crippen LogP contribution in [-0.4, -0.2) is 85.6 Å². The van der Waals surface area contributed by atoms with Crippen LogP contribution < -0.4 is 5.32 Å². The van der Waals surface area contributed by atoms with Crippen molar-refractivity contribution in [3.05, 3.63) is 0 Å². The molecule has 2 saturated heterocycles. The first-order chi connectivity index (χ1) is 11.5. The number of carbonyl (C=O) groups excluding carboxylic acids is 1. The number of piperidine rings is 1. The van der Waals surface area contributed by atoms with Crippen LogP contribution in [0.3, 0.4) is 0 Å². The number of amides is 1. The molecule has 0 unspecified atom stereocenters.